The van der Waals surface area contributed by atoms with Gasteiger partial charge in [-0.1, -0.05) is 12.1 Å². The first kappa shape index (κ1) is 20.1. The van der Waals surface area contributed by atoms with E-state index in [1.54, 1.807) is 0 Å². The molecule has 3 N–H and O–H groups in total. The zero-order valence-electron chi connectivity index (χ0n) is 13.2. The number of hydroxylamine groups is 1. The minimum Gasteiger partial charge on any atom is -0.380 e. The number of hydrogen-bond acceptors (Lipinski definition) is 4. The third kappa shape index (κ3) is 4.70. The summed E-state index contributed by atoms with van der Waals surface area (Å²) in [5.74, 6) is -6.74. The Morgan fingerprint density at radius 3 is 2.22 bits per heavy atom. The number of alkyl carbamates (subject to hydrolysis) is 1. The van der Waals surface area contributed by atoms with E-state index in [1.807, 2.05) is 5.32 Å². The van der Waals surface area contributed by atoms with Gasteiger partial charge in [0.15, 0.2) is 17.5 Å². The van der Waals surface area contributed by atoms with E-state index in [4.69, 9.17) is 5.21 Å². The molecule has 0 heterocycles. The molecule has 6 nitrogen and oxygen atoms in total. The summed E-state index contributed by atoms with van der Waals surface area (Å²) < 4.78 is 70.7. The highest BCUT2D eigenvalue weighted by Crippen LogP contribution is 2.33. The van der Waals surface area contributed by atoms with E-state index in [2.05, 4.69) is 4.74 Å². The number of halogens is 5. The molecule has 0 spiro atoms. The number of rotatable bonds is 5. The predicted octanol–water partition coefficient (Wildman–Crippen LogP) is 3.20. The molecule has 0 saturated heterocycles. The highest BCUT2D eigenvalue weighted by atomic mass is 19.3. The number of carbonyl (C=O) groups excluding carboxylic acids is 2. The lowest BCUT2D eigenvalue weighted by molar-refractivity contribution is -0.209. The molecule has 0 radical (unpaired) electrons. The molecule has 0 atom stereocenters. The van der Waals surface area contributed by atoms with Gasteiger partial charge in [-0.3, -0.25) is 10.0 Å². The number of carbonyl (C=O) groups is 2. The van der Waals surface area contributed by atoms with E-state index in [9.17, 15) is 31.5 Å². The van der Waals surface area contributed by atoms with E-state index >= 15 is 0 Å². The fraction of sp³-hybridized carbons (Fsp3) is 0.125. The van der Waals surface area contributed by atoms with Crippen LogP contribution in [-0.2, 0) is 17.4 Å². The first-order valence-electron chi connectivity index (χ1n) is 7.17. The molecule has 0 aliphatic heterocycles. The van der Waals surface area contributed by atoms with Crippen LogP contribution in [0.25, 0.3) is 0 Å². The average molecular weight is 390 g/mol. The van der Waals surface area contributed by atoms with Crippen LogP contribution in [0.5, 0.6) is 0 Å². The van der Waals surface area contributed by atoms with Gasteiger partial charge < -0.3 is 10.1 Å². The van der Waals surface area contributed by atoms with Crippen molar-refractivity contribution in [1.29, 1.82) is 0 Å². The third-order valence-corrected chi connectivity index (χ3v) is 3.32. The fourth-order valence-electron chi connectivity index (χ4n) is 1.97. The minimum atomic E-state index is -4.55. The summed E-state index contributed by atoms with van der Waals surface area (Å²) in [7, 11) is 0. The van der Waals surface area contributed by atoms with Crippen molar-refractivity contribution in [3.63, 3.8) is 0 Å². The molecule has 2 rings (SSSR count). The molecule has 0 unspecified atom stereocenters. The van der Waals surface area contributed by atoms with Gasteiger partial charge in [0, 0.05) is 12.1 Å². The van der Waals surface area contributed by atoms with Crippen molar-refractivity contribution < 1.29 is 41.5 Å². The Balaban J connectivity index is 2.00. The molecule has 144 valence electrons. The zero-order chi connectivity index (χ0) is 20.2. The summed E-state index contributed by atoms with van der Waals surface area (Å²) >= 11 is 0. The Labute approximate surface area is 148 Å². The molecular formula is C16H11F5N2O4. The van der Waals surface area contributed by atoms with Gasteiger partial charge >= 0.3 is 12.2 Å². The Morgan fingerprint density at radius 2 is 1.63 bits per heavy atom. The van der Waals surface area contributed by atoms with Crippen molar-refractivity contribution in [2.75, 3.05) is 0 Å². The first-order chi connectivity index (χ1) is 12.7. The molecule has 2 amide bonds. The Bertz CT molecular complexity index is 859. The monoisotopic (exact) mass is 390 g/mol. The van der Waals surface area contributed by atoms with Gasteiger partial charge in [-0.25, -0.2) is 23.4 Å². The summed E-state index contributed by atoms with van der Waals surface area (Å²) in [5.41, 5.74) is 0.248. The standard InChI is InChI=1S/C16H11F5N2O4/c17-11-6-5-10(12(18)13(11)19)16(20,21)27-15(25)22-7-8-1-3-9(4-2-8)14(24)23-26/h1-6,26H,7H2,(H,22,25)(H,23,24). The number of alkyl halides is 2. The molecule has 2 aromatic carbocycles. The second-order valence-corrected chi connectivity index (χ2v) is 5.12. The van der Waals surface area contributed by atoms with E-state index in [-0.39, 0.29) is 24.2 Å². The van der Waals surface area contributed by atoms with Gasteiger partial charge in [0.05, 0.1) is 0 Å². The van der Waals surface area contributed by atoms with Crippen LogP contribution >= 0.6 is 0 Å². The quantitative estimate of drug-likeness (QED) is 0.317. The fourth-order valence-corrected chi connectivity index (χ4v) is 1.97. The Hall–Kier alpha value is -3.21. The molecule has 27 heavy (non-hydrogen) atoms. The highest BCUT2D eigenvalue weighted by molar-refractivity contribution is 5.93. The van der Waals surface area contributed by atoms with Crippen molar-refractivity contribution in [2.24, 2.45) is 0 Å². The van der Waals surface area contributed by atoms with Crippen LogP contribution in [0, 0.1) is 17.5 Å². The molecule has 2 aromatic rings. The molecule has 0 aliphatic rings. The van der Waals surface area contributed by atoms with Crippen LogP contribution in [0.15, 0.2) is 36.4 Å². The SMILES string of the molecule is O=C(NCc1ccc(C(=O)NO)cc1)OC(F)(F)c1ccc(F)c(F)c1F. The largest absolute Gasteiger partial charge is 0.432 e. The molecule has 0 aliphatic carbocycles. The second kappa shape index (κ2) is 7.99. The van der Waals surface area contributed by atoms with Gasteiger partial charge in [0.2, 0.25) is 0 Å². The topological polar surface area (TPSA) is 87.7 Å². The van der Waals surface area contributed by atoms with Crippen LogP contribution in [0.1, 0.15) is 21.5 Å². The van der Waals surface area contributed by atoms with Gasteiger partial charge in [-0.15, -0.1) is 0 Å². The van der Waals surface area contributed by atoms with Crippen molar-refractivity contribution in [3.05, 3.63) is 70.5 Å². The first-order valence-corrected chi connectivity index (χ1v) is 7.17. The number of amides is 2. The second-order valence-electron chi connectivity index (χ2n) is 5.12. The molecule has 11 heteroatoms. The molecular weight excluding hydrogens is 379 g/mol. The maximum absolute atomic E-state index is 13.8. The predicted molar refractivity (Wildman–Crippen MR) is 79.2 cm³/mol. The number of ether oxygens (including phenoxy) is 1. The van der Waals surface area contributed by atoms with Crippen molar-refractivity contribution in [2.45, 2.75) is 12.7 Å². The normalized spacial score (nSPS) is 11.0. The lowest BCUT2D eigenvalue weighted by Crippen LogP contribution is -2.32. The van der Waals surface area contributed by atoms with Gasteiger partial charge in [-0.05, 0) is 29.8 Å². The number of hydrogen-bond donors (Lipinski definition) is 3. The van der Waals surface area contributed by atoms with Crippen LogP contribution in [-0.4, -0.2) is 17.2 Å². The summed E-state index contributed by atoms with van der Waals surface area (Å²) in [5, 5.41) is 10.4. The van der Waals surface area contributed by atoms with E-state index in [0.29, 0.717) is 5.56 Å². The van der Waals surface area contributed by atoms with E-state index in [1.165, 1.54) is 29.7 Å². The number of nitrogens with one attached hydrogen (secondary N) is 2. The maximum atomic E-state index is 13.8. The van der Waals surface area contributed by atoms with E-state index in [0.717, 1.165) is 0 Å². The molecule has 0 bridgehead atoms. The van der Waals surface area contributed by atoms with Crippen LogP contribution in [0.3, 0.4) is 0 Å². The summed E-state index contributed by atoms with van der Waals surface area (Å²) in [4.78, 5) is 22.6. The highest BCUT2D eigenvalue weighted by Gasteiger charge is 2.41. The zero-order valence-corrected chi connectivity index (χ0v) is 13.2. The maximum Gasteiger partial charge on any atom is 0.432 e. The van der Waals surface area contributed by atoms with Crippen molar-refractivity contribution in [1.82, 2.24) is 10.8 Å². The third-order valence-electron chi connectivity index (χ3n) is 3.32. The lowest BCUT2D eigenvalue weighted by atomic mass is 10.1. The summed E-state index contributed by atoms with van der Waals surface area (Å²) in [6, 6.07) is 5.83. The lowest BCUT2D eigenvalue weighted by Gasteiger charge is -2.18. The molecule has 0 fully saturated rings. The Kier molecular flexibility index (Phi) is 5.95. The van der Waals surface area contributed by atoms with Gasteiger partial charge in [0.1, 0.15) is 5.56 Å². The van der Waals surface area contributed by atoms with Crippen LogP contribution in [0.2, 0.25) is 0 Å². The average Bonchev–Trinajstić information content (AvgIpc) is 2.63. The molecule has 0 saturated carbocycles. The molecule has 0 aromatic heterocycles. The smallest absolute Gasteiger partial charge is 0.380 e. The number of benzene rings is 2. The summed E-state index contributed by atoms with van der Waals surface area (Å²) in [6.07, 6.45) is -6.20. The summed E-state index contributed by atoms with van der Waals surface area (Å²) in [6.45, 7) is -0.295. The van der Waals surface area contributed by atoms with Crippen molar-refractivity contribution >= 4 is 12.0 Å². The van der Waals surface area contributed by atoms with E-state index < -0.39 is 41.1 Å². The van der Waals surface area contributed by atoms with Crippen molar-refractivity contribution in [3.8, 4) is 0 Å². The Morgan fingerprint density at radius 1 is 1.00 bits per heavy atom. The van der Waals surface area contributed by atoms with Crippen LogP contribution in [0.4, 0.5) is 26.7 Å². The van der Waals surface area contributed by atoms with Crippen LogP contribution < -0.4 is 10.8 Å². The minimum absolute atomic E-state index is 0.101. The van der Waals surface area contributed by atoms with Gasteiger partial charge in [0.25, 0.3) is 5.91 Å². The van der Waals surface area contributed by atoms with Gasteiger partial charge in [-0.2, -0.15) is 8.78 Å².